The third-order valence-corrected chi connectivity index (χ3v) is 3.32. The fourth-order valence-electron chi connectivity index (χ4n) is 2.04. The molecule has 0 bridgehead atoms. The number of halogens is 1. The summed E-state index contributed by atoms with van der Waals surface area (Å²) in [6, 6.07) is 5.18. The van der Waals surface area contributed by atoms with E-state index in [1.165, 1.54) is 12.7 Å². The van der Waals surface area contributed by atoms with Crippen molar-refractivity contribution in [1.82, 2.24) is 35.0 Å². The lowest BCUT2D eigenvalue weighted by atomic mass is 10.2. The van der Waals surface area contributed by atoms with E-state index in [-0.39, 0.29) is 5.91 Å². The number of hydrogen-bond acceptors (Lipinski definition) is 6. The Morgan fingerprint density at radius 3 is 2.96 bits per heavy atom. The van der Waals surface area contributed by atoms with E-state index in [0.717, 1.165) is 0 Å². The maximum absolute atomic E-state index is 12.1. The van der Waals surface area contributed by atoms with Crippen molar-refractivity contribution in [2.45, 2.75) is 19.4 Å². The highest BCUT2D eigenvalue weighted by atomic mass is 35.5. The number of carbonyl (C=O) groups excluding carboxylic acids is 1. The molecular formula is C13H13ClN8O. The number of amides is 1. The summed E-state index contributed by atoms with van der Waals surface area (Å²) in [5.74, 6) is -0.123. The number of nitrogens with zero attached hydrogens (tertiary/aromatic N) is 7. The van der Waals surface area contributed by atoms with Crippen molar-refractivity contribution in [3.05, 3.63) is 42.2 Å². The predicted octanol–water partition coefficient (Wildman–Crippen LogP) is 1.33. The molecule has 0 unspecified atom stereocenters. The molecule has 2 heterocycles. The molecule has 0 spiro atoms. The Hall–Kier alpha value is -2.81. The Kier molecular flexibility index (Phi) is 4.57. The number of aryl methyl sites for hydroxylation is 1. The lowest BCUT2D eigenvalue weighted by molar-refractivity contribution is -0.116. The first-order chi connectivity index (χ1) is 11.2. The summed E-state index contributed by atoms with van der Waals surface area (Å²) in [5, 5.41) is 18.3. The van der Waals surface area contributed by atoms with E-state index >= 15 is 0 Å². The molecule has 23 heavy (non-hydrogen) atoms. The number of hydrogen-bond donors (Lipinski definition) is 1. The summed E-state index contributed by atoms with van der Waals surface area (Å²) >= 11 is 6.01. The van der Waals surface area contributed by atoms with Crippen LogP contribution in [0.2, 0.25) is 5.02 Å². The molecular weight excluding hydrogens is 320 g/mol. The molecule has 1 amide bonds. The molecule has 0 aliphatic heterocycles. The van der Waals surface area contributed by atoms with Crippen LogP contribution in [-0.2, 0) is 11.3 Å². The Bertz CT molecular complexity index is 771. The summed E-state index contributed by atoms with van der Waals surface area (Å²) in [5.41, 5.74) is 1.27. The number of rotatable bonds is 6. The zero-order chi connectivity index (χ0) is 16.1. The highest BCUT2D eigenvalue weighted by molar-refractivity contribution is 6.31. The average molecular weight is 333 g/mol. The van der Waals surface area contributed by atoms with E-state index in [0.29, 0.717) is 35.8 Å². The summed E-state index contributed by atoms with van der Waals surface area (Å²) in [4.78, 5) is 16.0. The largest absolute Gasteiger partial charge is 0.324 e. The molecule has 118 valence electrons. The van der Waals surface area contributed by atoms with E-state index in [9.17, 15) is 4.79 Å². The van der Waals surface area contributed by atoms with Crippen molar-refractivity contribution in [2.75, 3.05) is 5.32 Å². The fraction of sp³-hybridized carbons (Fsp3) is 0.231. The van der Waals surface area contributed by atoms with Crippen LogP contribution in [0.1, 0.15) is 12.8 Å². The number of aromatic nitrogens is 7. The van der Waals surface area contributed by atoms with Gasteiger partial charge in [-0.1, -0.05) is 11.6 Å². The SMILES string of the molecule is O=C(CCCn1cnnn1)Nc1cc(Cl)ccc1-n1cncn1. The van der Waals surface area contributed by atoms with Gasteiger partial charge in [0.25, 0.3) is 0 Å². The average Bonchev–Trinajstić information content (AvgIpc) is 3.20. The van der Waals surface area contributed by atoms with Crippen LogP contribution in [0.25, 0.3) is 5.69 Å². The van der Waals surface area contributed by atoms with Crippen molar-refractivity contribution in [2.24, 2.45) is 0 Å². The number of benzene rings is 1. The number of tetrazole rings is 1. The molecule has 10 heteroatoms. The van der Waals surface area contributed by atoms with Gasteiger partial charge < -0.3 is 5.32 Å². The first-order valence-electron chi connectivity index (χ1n) is 6.87. The minimum Gasteiger partial charge on any atom is -0.324 e. The summed E-state index contributed by atoms with van der Waals surface area (Å²) in [7, 11) is 0. The molecule has 0 radical (unpaired) electrons. The van der Waals surface area contributed by atoms with Crippen LogP contribution in [-0.4, -0.2) is 40.9 Å². The Morgan fingerprint density at radius 1 is 1.30 bits per heavy atom. The van der Waals surface area contributed by atoms with Gasteiger partial charge in [-0.2, -0.15) is 5.10 Å². The quantitative estimate of drug-likeness (QED) is 0.730. The smallest absolute Gasteiger partial charge is 0.224 e. The second kappa shape index (κ2) is 6.97. The molecule has 2 aromatic heterocycles. The van der Waals surface area contributed by atoms with Crippen LogP contribution in [0.5, 0.6) is 0 Å². The molecule has 0 saturated heterocycles. The van der Waals surface area contributed by atoms with Gasteiger partial charge in [-0.25, -0.2) is 14.3 Å². The molecule has 9 nitrogen and oxygen atoms in total. The van der Waals surface area contributed by atoms with Gasteiger partial charge >= 0.3 is 0 Å². The van der Waals surface area contributed by atoms with Crippen molar-refractivity contribution >= 4 is 23.2 Å². The highest BCUT2D eigenvalue weighted by Gasteiger charge is 2.10. The van der Waals surface area contributed by atoms with E-state index in [2.05, 4.69) is 30.9 Å². The third-order valence-electron chi connectivity index (χ3n) is 3.08. The maximum atomic E-state index is 12.1. The van der Waals surface area contributed by atoms with Crippen LogP contribution in [0.4, 0.5) is 5.69 Å². The minimum atomic E-state index is -0.123. The van der Waals surface area contributed by atoms with Crippen LogP contribution >= 0.6 is 11.6 Å². The third kappa shape index (κ3) is 3.89. The van der Waals surface area contributed by atoms with Gasteiger partial charge in [0.2, 0.25) is 5.91 Å². The van der Waals surface area contributed by atoms with Gasteiger partial charge in [0, 0.05) is 18.0 Å². The first kappa shape index (κ1) is 15.1. The van der Waals surface area contributed by atoms with Crippen LogP contribution in [0.3, 0.4) is 0 Å². The summed E-state index contributed by atoms with van der Waals surface area (Å²) in [6.07, 6.45) is 5.44. The van der Waals surface area contributed by atoms with E-state index in [1.54, 1.807) is 33.9 Å². The monoisotopic (exact) mass is 332 g/mol. The lowest BCUT2D eigenvalue weighted by Crippen LogP contribution is -2.14. The lowest BCUT2D eigenvalue weighted by Gasteiger charge is -2.11. The van der Waals surface area contributed by atoms with Crippen LogP contribution in [0.15, 0.2) is 37.2 Å². The Labute approximate surface area is 136 Å². The molecule has 0 saturated carbocycles. The van der Waals surface area contributed by atoms with E-state index in [4.69, 9.17) is 11.6 Å². The van der Waals surface area contributed by atoms with Gasteiger partial charge in [-0.15, -0.1) is 5.10 Å². The van der Waals surface area contributed by atoms with Gasteiger partial charge in [-0.3, -0.25) is 4.79 Å². The molecule has 0 aliphatic rings. The van der Waals surface area contributed by atoms with Crippen molar-refractivity contribution < 1.29 is 4.79 Å². The highest BCUT2D eigenvalue weighted by Crippen LogP contribution is 2.24. The Morgan fingerprint density at radius 2 is 2.22 bits per heavy atom. The predicted molar refractivity (Wildman–Crippen MR) is 82.0 cm³/mol. The molecule has 0 aliphatic carbocycles. The van der Waals surface area contributed by atoms with Crippen LogP contribution < -0.4 is 5.32 Å². The van der Waals surface area contributed by atoms with E-state index < -0.39 is 0 Å². The van der Waals surface area contributed by atoms with Gasteiger partial charge in [0.05, 0.1) is 11.4 Å². The molecule has 0 fully saturated rings. The second-order valence-electron chi connectivity index (χ2n) is 4.73. The molecule has 1 aromatic carbocycles. The molecule has 1 N–H and O–H groups in total. The molecule has 3 aromatic rings. The van der Waals surface area contributed by atoms with Gasteiger partial charge in [-0.05, 0) is 35.0 Å². The summed E-state index contributed by atoms with van der Waals surface area (Å²) in [6.45, 7) is 0.575. The number of nitrogens with one attached hydrogen (secondary N) is 1. The fourth-order valence-corrected chi connectivity index (χ4v) is 2.21. The zero-order valence-corrected chi connectivity index (χ0v) is 12.8. The van der Waals surface area contributed by atoms with Gasteiger partial charge in [0.15, 0.2) is 0 Å². The van der Waals surface area contributed by atoms with Crippen LogP contribution in [0, 0.1) is 0 Å². The van der Waals surface area contributed by atoms with Gasteiger partial charge in [0.1, 0.15) is 19.0 Å². The molecule has 3 rings (SSSR count). The molecule has 0 atom stereocenters. The summed E-state index contributed by atoms with van der Waals surface area (Å²) < 4.78 is 3.14. The second-order valence-corrected chi connectivity index (χ2v) is 5.16. The normalized spacial score (nSPS) is 10.7. The topological polar surface area (TPSA) is 103 Å². The first-order valence-corrected chi connectivity index (χ1v) is 7.25. The van der Waals surface area contributed by atoms with Crippen molar-refractivity contribution in [3.63, 3.8) is 0 Å². The van der Waals surface area contributed by atoms with Crippen molar-refractivity contribution in [3.8, 4) is 5.69 Å². The standard InChI is InChI=1S/C13H13ClN8O/c14-10-3-4-12(22-8-15-7-17-22)11(6-10)18-13(23)2-1-5-21-9-16-19-20-21/h3-4,6-9H,1-2,5H2,(H,18,23). The minimum absolute atomic E-state index is 0.123. The Balaban J connectivity index is 1.64. The van der Waals surface area contributed by atoms with E-state index in [1.807, 2.05) is 0 Å². The number of anilines is 1. The van der Waals surface area contributed by atoms with Crippen molar-refractivity contribution in [1.29, 1.82) is 0 Å². The maximum Gasteiger partial charge on any atom is 0.224 e. The zero-order valence-electron chi connectivity index (χ0n) is 12.0. The number of carbonyl (C=O) groups is 1.